The van der Waals surface area contributed by atoms with Crippen LogP contribution in [0.15, 0.2) is 12.2 Å². The number of likely N-dealkylation sites (N-methyl/N-ethyl adjacent to an activating group) is 1. The molecule has 1 N–H and O–H groups in total. The normalized spacial score (nSPS) is 11.2. The first-order valence-electron chi connectivity index (χ1n) is 4.86. The summed E-state index contributed by atoms with van der Waals surface area (Å²) >= 11 is 0. The van der Waals surface area contributed by atoms with Gasteiger partial charge in [0.15, 0.2) is 0 Å². The second kappa shape index (κ2) is 5.15. The summed E-state index contributed by atoms with van der Waals surface area (Å²) in [6.07, 6.45) is 0. The molecule has 0 radical (unpaired) electrons. The van der Waals surface area contributed by atoms with Crippen LogP contribution in [-0.2, 0) is 4.79 Å². The van der Waals surface area contributed by atoms with E-state index in [1.54, 1.807) is 11.9 Å². The maximum Gasteiger partial charge on any atom is 0.236 e. The molecule has 0 rings (SSSR count). The quantitative estimate of drug-likeness (QED) is 0.693. The molecule has 0 heterocycles. The van der Waals surface area contributed by atoms with E-state index in [4.69, 9.17) is 0 Å². The molecule has 0 aromatic rings. The van der Waals surface area contributed by atoms with E-state index in [1.807, 2.05) is 27.7 Å². The SMILES string of the molecule is C=C(C)CN(C)C(=O)CNC(C)(C)C. The van der Waals surface area contributed by atoms with Crippen molar-refractivity contribution in [2.45, 2.75) is 33.2 Å². The highest BCUT2D eigenvalue weighted by Crippen LogP contribution is 1.98. The first-order chi connectivity index (χ1) is 6.22. The number of nitrogens with one attached hydrogen (secondary N) is 1. The molecule has 0 aromatic carbocycles. The Morgan fingerprint density at radius 1 is 1.43 bits per heavy atom. The topological polar surface area (TPSA) is 32.3 Å². The Bertz CT molecular complexity index is 216. The minimum absolute atomic E-state index is 0.0142. The Labute approximate surface area is 87.2 Å². The molecule has 0 spiro atoms. The molecule has 0 saturated heterocycles. The molecule has 14 heavy (non-hydrogen) atoms. The number of hydrogen-bond acceptors (Lipinski definition) is 2. The second-order valence-corrected chi connectivity index (χ2v) is 4.81. The molecule has 0 saturated carbocycles. The summed E-state index contributed by atoms with van der Waals surface area (Å²) in [5.74, 6) is 0.0999. The minimum Gasteiger partial charge on any atom is -0.341 e. The third kappa shape index (κ3) is 6.66. The summed E-state index contributed by atoms with van der Waals surface area (Å²) in [5, 5.41) is 3.15. The highest BCUT2D eigenvalue weighted by Gasteiger charge is 2.13. The molecule has 82 valence electrons. The number of hydrogen-bond donors (Lipinski definition) is 1. The van der Waals surface area contributed by atoms with E-state index in [0.717, 1.165) is 5.57 Å². The summed E-state index contributed by atoms with van der Waals surface area (Å²) in [6.45, 7) is 12.8. The van der Waals surface area contributed by atoms with Gasteiger partial charge in [0.1, 0.15) is 0 Å². The average molecular weight is 198 g/mol. The molecule has 0 aliphatic heterocycles. The molecular weight excluding hydrogens is 176 g/mol. The van der Waals surface area contributed by atoms with Crippen LogP contribution in [0.2, 0.25) is 0 Å². The summed E-state index contributed by atoms with van der Waals surface area (Å²) in [7, 11) is 1.79. The van der Waals surface area contributed by atoms with Gasteiger partial charge in [0.05, 0.1) is 6.54 Å². The maximum atomic E-state index is 11.5. The fraction of sp³-hybridized carbons (Fsp3) is 0.727. The molecule has 3 heteroatoms. The van der Waals surface area contributed by atoms with E-state index in [1.165, 1.54) is 0 Å². The van der Waals surface area contributed by atoms with Gasteiger partial charge in [0.25, 0.3) is 0 Å². The van der Waals surface area contributed by atoms with Gasteiger partial charge in [-0.3, -0.25) is 4.79 Å². The Balaban J connectivity index is 3.91. The Morgan fingerprint density at radius 3 is 2.29 bits per heavy atom. The molecule has 0 unspecified atom stereocenters. The first kappa shape index (κ1) is 13.2. The lowest BCUT2D eigenvalue weighted by Crippen LogP contribution is -2.44. The zero-order valence-corrected chi connectivity index (χ0v) is 9.98. The number of rotatable bonds is 4. The highest BCUT2D eigenvalue weighted by molar-refractivity contribution is 5.78. The second-order valence-electron chi connectivity index (χ2n) is 4.81. The summed E-state index contributed by atoms with van der Waals surface area (Å²) in [5.41, 5.74) is 0.983. The number of carbonyl (C=O) groups is 1. The zero-order valence-electron chi connectivity index (χ0n) is 9.98. The van der Waals surface area contributed by atoms with Gasteiger partial charge in [-0.05, 0) is 27.7 Å². The monoisotopic (exact) mass is 198 g/mol. The highest BCUT2D eigenvalue weighted by atomic mass is 16.2. The van der Waals surface area contributed by atoms with Crippen molar-refractivity contribution in [1.82, 2.24) is 10.2 Å². The van der Waals surface area contributed by atoms with Crippen LogP contribution in [0.3, 0.4) is 0 Å². The maximum absolute atomic E-state index is 11.5. The third-order valence-electron chi connectivity index (χ3n) is 1.70. The van der Waals surface area contributed by atoms with Crippen molar-refractivity contribution in [2.24, 2.45) is 0 Å². The molecular formula is C11H22N2O. The molecule has 3 nitrogen and oxygen atoms in total. The van der Waals surface area contributed by atoms with Gasteiger partial charge in [-0.1, -0.05) is 12.2 Å². The fourth-order valence-corrected chi connectivity index (χ4v) is 0.969. The van der Waals surface area contributed by atoms with E-state index in [0.29, 0.717) is 13.1 Å². The van der Waals surface area contributed by atoms with Crippen LogP contribution in [-0.4, -0.2) is 36.5 Å². The van der Waals surface area contributed by atoms with Crippen LogP contribution < -0.4 is 5.32 Å². The van der Waals surface area contributed by atoms with Crippen LogP contribution in [0, 0.1) is 0 Å². The summed E-state index contributed by atoms with van der Waals surface area (Å²) in [4.78, 5) is 13.2. The first-order valence-corrected chi connectivity index (χ1v) is 4.86. The van der Waals surface area contributed by atoms with Crippen molar-refractivity contribution in [3.63, 3.8) is 0 Å². The third-order valence-corrected chi connectivity index (χ3v) is 1.70. The zero-order chi connectivity index (χ0) is 11.4. The molecule has 0 aliphatic rings. The van der Waals surface area contributed by atoms with E-state index >= 15 is 0 Å². The number of carbonyl (C=O) groups excluding carboxylic acids is 1. The predicted octanol–water partition coefficient (Wildman–Crippen LogP) is 1.41. The van der Waals surface area contributed by atoms with Gasteiger partial charge in [0.2, 0.25) is 5.91 Å². The van der Waals surface area contributed by atoms with Crippen molar-refractivity contribution in [2.75, 3.05) is 20.1 Å². The predicted molar refractivity (Wildman–Crippen MR) is 60.2 cm³/mol. The van der Waals surface area contributed by atoms with Crippen molar-refractivity contribution >= 4 is 5.91 Å². The van der Waals surface area contributed by atoms with Gasteiger partial charge < -0.3 is 10.2 Å². The van der Waals surface area contributed by atoms with Gasteiger partial charge in [-0.15, -0.1) is 0 Å². The Hall–Kier alpha value is -0.830. The van der Waals surface area contributed by atoms with Crippen LogP contribution in [0.25, 0.3) is 0 Å². The number of amides is 1. The van der Waals surface area contributed by atoms with Crippen molar-refractivity contribution < 1.29 is 4.79 Å². The summed E-state index contributed by atoms with van der Waals surface area (Å²) < 4.78 is 0. The molecule has 0 fully saturated rings. The Kier molecular flexibility index (Phi) is 4.85. The minimum atomic E-state index is -0.0142. The van der Waals surface area contributed by atoms with Crippen molar-refractivity contribution in [3.05, 3.63) is 12.2 Å². The van der Waals surface area contributed by atoms with Crippen LogP contribution >= 0.6 is 0 Å². The van der Waals surface area contributed by atoms with Gasteiger partial charge >= 0.3 is 0 Å². The van der Waals surface area contributed by atoms with Crippen LogP contribution in [0.5, 0.6) is 0 Å². The van der Waals surface area contributed by atoms with Gasteiger partial charge in [0, 0.05) is 19.1 Å². The van der Waals surface area contributed by atoms with E-state index in [2.05, 4.69) is 11.9 Å². The molecule has 0 bridgehead atoms. The lowest BCUT2D eigenvalue weighted by molar-refractivity contribution is -0.128. The van der Waals surface area contributed by atoms with Crippen molar-refractivity contribution in [3.8, 4) is 0 Å². The van der Waals surface area contributed by atoms with Gasteiger partial charge in [-0.25, -0.2) is 0 Å². The van der Waals surface area contributed by atoms with Crippen LogP contribution in [0.1, 0.15) is 27.7 Å². The van der Waals surface area contributed by atoms with E-state index in [-0.39, 0.29) is 11.4 Å². The molecule has 0 aliphatic carbocycles. The standard InChI is InChI=1S/C11H22N2O/c1-9(2)8-13(6)10(14)7-12-11(3,4)5/h12H,1,7-8H2,2-6H3. The summed E-state index contributed by atoms with van der Waals surface area (Å²) in [6, 6.07) is 0. The average Bonchev–Trinajstić information content (AvgIpc) is 1.97. The molecule has 0 aromatic heterocycles. The van der Waals surface area contributed by atoms with E-state index < -0.39 is 0 Å². The number of nitrogens with zero attached hydrogens (tertiary/aromatic N) is 1. The molecule has 0 atom stereocenters. The van der Waals surface area contributed by atoms with Gasteiger partial charge in [-0.2, -0.15) is 0 Å². The lowest BCUT2D eigenvalue weighted by atomic mass is 10.1. The Morgan fingerprint density at radius 2 is 1.93 bits per heavy atom. The molecule has 1 amide bonds. The van der Waals surface area contributed by atoms with E-state index in [9.17, 15) is 4.79 Å². The largest absolute Gasteiger partial charge is 0.341 e. The lowest BCUT2D eigenvalue weighted by Gasteiger charge is -2.23. The smallest absolute Gasteiger partial charge is 0.236 e. The van der Waals surface area contributed by atoms with Crippen molar-refractivity contribution in [1.29, 1.82) is 0 Å². The van der Waals surface area contributed by atoms with Crippen LogP contribution in [0.4, 0.5) is 0 Å². The fourth-order valence-electron chi connectivity index (χ4n) is 0.969.